The van der Waals surface area contributed by atoms with Crippen LogP contribution in [0.4, 0.5) is 5.69 Å². The van der Waals surface area contributed by atoms with E-state index in [1.807, 2.05) is 31.1 Å². The largest absolute Gasteiger partial charge is 0.423 e. The summed E-state index contributed by atoms with van der Waals surface area (Å²) in [7, 11) is 3.79. The highest BCUT2D eigenvalue weighted by Crippen LogP contribution is 2.29. The number of hydrogen-bond donors (Lipinski definition) is 2. The molecular weight excluding hydrogens is 707 g/mol. The van der Waals surface area contributed by atoms with Crippen molar-refractivity contribution < 1.29 is 14.0 Å². The summed E-state index contributed by atoms with van der Waals surface area (Å²) in [6.07, 6.45) is 3.89. The van der Waals surface area contributed by atoms with E-state index < -0.39 is 21.9 Å². The predicted octanol–water partition coefficient (Wildman–Crippen LogP) is 4.82. The number of nitrogens with one attached hydrogen (secondary N) is 2. The molecule has 2 heterocycles. The number of rotatable bonds is 13. The number of unbranched alkanes of at least 4 members (excludes halogenated alkanes) is 3. The Morgan fingerprint density at radius 2 is 1.24 bits per heavy atom. The van der Waals surface area contributed by atoms with Crippen LogP contribution in [0.2, 0.25) is 0 Å². The van der Waals surface area contributed by atoms with Crippen LogP contribution < -0.4 is 42.9 Å². The van der Waals surface area contributed by atoms with Gasteiger partial charge in [-0.2, -0.15) is 0 Å². The summed E-state index contributed by atoms with van der Waals surface area (Å²) in [5, 5.41) is 7.43. The van der Waals surface area contributed by atoms with Gasteiger partial charge in [0, 0.05) is 78.4 Å². The third kappa shape index (κ3) is 7.04. The number of fused-ring (bicyclic) bond motifs is 6. The minimum absolute atomic E-state index is 0.00454. The minimum atomic E-state index is -0.497. The molecule has 54 heavy (non-hydrogen) atoms. The zero-order valence-corrected chi connectivity index (χ0v) is 30.7. The first kappa shape index (κ1) is 36.4. The van der Waals surface area contributed by atoms with Crippen LogP contribution in [0.5, 0.6) is 0 Å². The molecule has 0 aliphatic carbocycles. The summed E-state index contributed by atoms with van der Waals surface area (Å²) in [6, 6.07) is 18.3. The van der Waals surface area contributed by atoms with Crippen molar-refractivity contribution in [2.24, 2.45) is 0 Å². The number of carbonyl (C=O) groups excluding carboxylic acids is 2. The molecule has 0 fully saturated rings. The van der Waals surface area contributed by atoms with Crippen LogP contribution in [0.15, 0.2) is 95.1 Å². The lowest BCUT2D eigenvalue weighted by atomic mass is 9.99. The first-order valence-electron chi connectivity index (χ1n) is 17.9. The third-order valence-corrected chi connectivity index (χ3v) is 11.0. The Labute approximate surface area is 311 Å². The lowest BCUT2D eigenvalue weighted by Gasteiger charge is -2.13. The van der Waals surface area contributed by atoms with Gasteiger partial charge in [0.05, 0.1) is 26.6 Å². The van der Waals surface area contributed by atoms with E-state index in [1.165, 1.54) is 6.07 Å². The molecule has 0 unspecified atom stereocenters. The lowest BCUT2D eigenvalue weighted by molar-refractivity contribution is -0.121. The highest BCUT2D eigenvalue weighted by molar-refractivity contribution is 7.25. The first-order valence-corrected chi connectivity index (χ1v) is 18.7. The van der Waals surface area contributed by atoms with Crippen LogP contribution in [-0.4, -0.2) is 39.0 Å². The van der Waals surface area contributed by atoms with E-state index in [0.29, 0.717) is 36.2 Å². The molecule has 0 saturated carbocycles. The zero-order valence-electron chi connectivity index (χ0n) is 29.8. The van der Waals surface area contributed by atoms with Gasteiger partial charge in [-0.05, 0) is 54.7 Å². The van der Waals surface area contributed by atoms with E-state index in [0.717, 1.165) is 48.1 Å². The number of aryl methyl sites for hydroxylation is 1. The first-order chi connectivity index (χ1) is 26.0. The van der Waals surface area contributed by atoms with Crippen LogP contribution in [-0.2, 0) is 22.4 Å². The Morgan fingerprint density at radius 3 is 1.91 bits per heavy atom. The van der Waals surface area contributed by atoms with E-state index >= 15 is 0 Å². The zero-order chi connectivity index (χ0) is 38.1. The molecule has 0 atom stereocenters. The van der Waals surface area contributed by atoms with E-state index in [-0.39, 0.29) is 71.8 Å². The Morgan fingerprint density at radius 1 is 0.648 bits per heavy atom. The van der Waals surface area contributed by atoms with Crippen molar-refractivity contribution in [3.05, 3.63) is 129 Å². The van der Waals surface area contributed by atoms with Gasteiger partial charge in [-0.25, -0.2) is 4.79 Å². The maximum absolute atomic E-state index is 13.8. The standard InChI is InChI=1S/C42H37N3O8S/c1-45(2)25-13-15-26-24(21-34(48)53-31(26)22-25)20-33(47)44-18-8-4-3-7-17-43-32(46)16-12-23-11-14-29-30(19-23)38(50)36-35-37(49)27-9-5-6-10-28(27)39(51)41(35)54-42(36)40(29)52/h5-6,9-11,13-15,19,21-22H,3-4,7-8,12,16-18,20H2,1-2H3,(H,43,46)(H,44,47). The van der Waals surface area contributed by atoms with Crippen LogP contribution in [0.1, 0.15) is 43.2 Å². The van der Waals surface area contributed by atoms with E-state index in [4.69, 9.17) is 4.42 Å². The third-order valence-electron chi connectivity index (χ3n) is 9.83. The molecule has 0 radical (unpaired) electrons. The lowest BCUT2D eigenvalue weighted by Crippen LogP contribution is -2.26. The van der Waals surface area contributed by atoms with Crippen molar-refractivity contribution in [2.45, 2.75) is 44.9 Å². The molecule has 2 N–H and O–H groups in total. The van der Waals surface area contributed by atoms with Gasteiger partial charge in [0.15, 0.2) is 10.9 Å². The fourth-order valence-electron chi connectivity index (χ4n) is 6.99. The Hall–Kier alpha value is -6.01. The second-order valence-electron chi connectivity index (χ2n) is 13.7. The molecule has 11 nitrogen and oxygen atoms in total. The van der Waals surface area contributed by atoms with Gasteiger partial charge in [0.2, 0.25) is 22.7 Å². The van der Waals surface area contributed by atoms with Gasteiger partial charge >= 0.3 is 5.63 Å². The van der Waals surface area contributed by atoms with Gasteiger partial charge in [-0.1, -0.05) is 43.2 Å². The van der Waals surface area contributed by atoms with Crippen molar-refractivity contribution >= 4 is 81.5 Å². The van der Waals surface area contributed by atoms with E-state index in [1.54, 1.807) is 48.5 Å². The summed E-state index contributed by atoms with van der Waals surface area (Å²) in [5.41, 5.74) is 0.483. The molecular formula is C42H37N3O8S. The van der Waals surface area contributed by atoms with Crippen LogP contribution in [0.3, 0.4) is 0 Å². The van der Waals surface area contributed by atoms with Crippen molar-refractivity contribution in [1.29, 1.82) is 0 Å². The number of thiophene rings is 1. The second-order valence-corrected chi connectivity index (χ2v) is 14.7. The van der Waals surface area contributed by atoms with Crippen molar-refractivity contribution in [3.8, 4) is 0 Å². The molecule has 0 aliphatic heterocycles. The normalized spacial score (nSPS) is 11.6. The SMILES string of the molecule is CN(C)c1ccc2c(CC(=O)NCCCCCCNC(=O)CCc3ccc4c(=O)c5sc6c(=O)c7ccccc7c(=O)c6c5c(=O)c4c3)cc(=O)oc2c1. The molecule has 2 amide bonds. The molecule has 274 valence electrons. The number of nitrogens with zero attached hydrogens (tertiary/aromatic N) is 1. The monoisotopic (exact) mass is 743 g/mol. The summed E-state index contributed by atoms with van der Waals surface area (Å²) < 4.78 is 5.58. The maximum atomic E-state index is 13.8. The number of benzene rings is 5. The van der Waals surface area contributed by atoms with Gasteiger partial charge in [0.25, 0.3) is 0 Å². The quantitative estimate of drug-likeness (QED) is 0.125. The molecule has 7 rings (SSSR count). The number of amides is 2. The molecule has 2 aromatic heterocycles. The summed E-state index contributed by atoms with van der Waals surface area (Å²) in [4.78, 5) is 93.1. The number of hydrogen-bond acceptors (Lipinski definition) is 10. The number of anilines is 1. The van der Waals surface area contributed by atoms with Gasteiger partial charge in [0.1, 0.15) is 5.58 Å². The van der Waals surface area contributed by atoms with Gasteiger partial charge < -0.3 is 20.0 Å². The fraction of sp³-hybridized carbons (Fsp3) is 0.262. The average molecular weight is 744 g/mol. The Balaban J connectivity index is 0.884. The highest BCUT2D eigenvalue weighted by Gasteiger charge is 2.22. The molecule has 0 bridgehead atoms. The minimum Gasteiger partial charge on any atom is -0.423 e. The summed E-state index contributed by atoms with van der Waals surface area (Å²) in [6.45, 7) is 1.01. The molecule has 7 aromatic rings. The summed E-state index contributed by atoms with van der Waals surface area (Å²) in [5.74, 6) is -0.312. The molecule has 0 spiro atoms. The Bertz CT molecular complexity index is 2900. The second kappa shape index (κ2) is 15.2. The van der Waals surface area contributed by atoms with Crippen LogP contribution >= 0.6 is 11.3 Å². The van der Waals surface area contributed by atoms with E-state index in [9.17, 15) is 33.6 Å². The molecule has 0 saturated heterocycles. The average Bonchev–Trinajstić information content (AvgIpc) is 3.58. The van der Waals surface area contributed by atoms with Crippen LogP contribution in [0, 0.1) is 0 Å². The molecule has 12 heteroatoms. The predicted molar refractivity (Wildman–Crippen MR) is 215 cm³/mol. The van der Waals surface area contributed by atoms with E-state index in [2.05, 4.69) is 10.6 Å². The molecule has 5 aromatic carbocycles. The topological polar surface area (TPSA) is 160 Å². The molecule has 0 aliphatic rings. The van der Waals surface area contributed by atoms with Crippen LogP contribution in [0.25, 0.3) is 52.7 Å². The van der Waals surface area contributed by atoms with Crippen molar-refractivity contribution in [1.82, 2.24) is 10.6 Å². The van der Waals surface area contributed by atoms with Crippen molar-refractivity contribution in [3.63, 3.8) is 0 Å². The summed E-state index contributed by atoms with van der Waals surface area (Å²) >= 11 is 0.902. The smallest absolute Gasteiger partial charge is 0.336 e. The van der Waals surface area contributed by atoms with Gasteiger partial charge in [-0.3, -0.25) is 28.8 Å². The Kier molecular flexibility index (Phi) is 10.2. The number of carbonyl (C=O) groups is 2. The van der Waals surface area contributed by atoms with Gasteiger partial charge in [-0.15, -0.1) is 11.3 Å². The maximum Gasteiger partial charge on any atom is 0.336 e. The van der Waals surface area contributed by atoms with Crippen molar-refractivity contribution in [2.75, 3.05) is 32.1 Å². The fourth-order valence-corrected chi connectivity index (χ4v) is 8.20. The highest BCUT2D eigenvalue weighted by atomic mass is 32.1.